The number of carbonyl (C=O) groups is 3. The van der Waals surface area contributed by atoms with E-state index in [-0.39, 0.29) is 11.3 Å². The van der Waals surface area contributed by atoms with E-state index in [1.807, 2.05) is 0 Å². The number of hydrogen-bond acceptors (Lipinski definition) is 5. The number of methoxy groups -OCH3 is 2. The highest BCUT2D eigenvalue weighted by atomic mass is 16.5. The first-order valence-corrected chi connectivity index (χ1v) is 5.87. The molecule has 8 heteroatoms. The van der Waals surface area contributed by atoms with Crippen molar-refractivity contribution in [3.8, 4) is 11.5 Å². The van der Waals surface area contributed by atoms with Crippen molar-refractivity contribution in [1.29, 1.82) is 0 Å². The molecule has 0 unspecified atom stereocenters. The van der Waals surface area contributed by atoms with Crippen LogP contribution in [0.5, 0.6) is 11.5 Å². The maximum atomic E-state index is 12.1. The second-order valence-electron chi connectivity index (χ2n) is 4.00. The summed E-state index contributed by atoms with van der Waals surface area (Å²) in [7, 11) is 2.73. The molecule has 114 valence electrons. The Kier molecular flexibility index (Phi) is 5.53. The number of amides is 1. The Labute approximate surface area is 120 Å². The number of ether oxygens (including phenoxy) is 2. The molecule has 0 bridgehead atoms. The molecule has 1 aromatic carbocycles. The topological polar surface area (TPSA) is 122 Å². The number of benzene rings is 1. The lowest BCUT2D eigenvalue weighted by molar-refractivity contribution is -0.145. The zero-order valence-electron chi connectivity index (χ0n) is 11.5. The molecule has 8 nitrogen and oxygen atoms in total. The van der Waals surface area contributed by atoms with Crippen LogP contribution in [-0.4, -0.2) is 48.3 Å². The average molecular weight is 297 g/mol. The number of para-hydroxylation sites is 1. The first-order valence-electron chi connectivity index (χ1n) is 5.87. The summed E-state index contributed by atoms with van der Waals surface area (Å²) in [6, 6.07) is 2.98. The van der Waals surface area contributed by atoms with Gasteiger partial charge in [0.05, 0.1) is 26.2 Å². The van der Waals surface area contributed by atoms with Crippen LogP contribution in [0.4, 0.5) is 0 Å². The molecule has 0 spiro atoms. The molecule has 0 aliphatic heterocycles. The van der Waals surface area contributed by atoms with Crippen LogP contribution in [0.3, 0.4) is 0 Å². The molecule has 0 aliphatic rings. The van der Waals surface area contributed by atoms with Gasteiger partial charge < -0.3 is 25.0 Å². The Morgan fingerprint density at radius 3 is 2.33 bits per heavy atom. The van der Waals surface area contributed by atoms with Gasteiger partial charge in [-0.1, -0.05) is 6.07 Å². The number of carboxylic acid groups (broad SMARTS) is 2. The SMILES string of the molecule is COc1cccc(C(=O)N[C@H](CC(=O)O)C(=O)O)c1OC. The zero-order valence-corrected chi connectivity index (χ0v) is 11.5. The summed E-state index contributed by atoms with van der Waals surface area (Å²) < 4.78 is 10.1. The quantitative estimate of drug-likeness (QED) is 0.664. The Hall–Kier alpha value is -2.77. The van der Waals surface area contributed by atoms with E-state index >= 15 is 0 Å². The second-order valence-corrected chi connectivity index (χ2v) is 4.00. The van der Waals surface area contributed by atoms with Gasteiger partial charge in [-0.2, -0.15) is 0 Å². The van der Waals surface area contributed by atoms with E-state index in [1.54, 1.807) is 6.07 Å². The van der Waals surface area contributed by atoms with Crippen molar-refractivity contribution >= 4 is 17.8 Å². The summed E-state index contributed by atoms with van der Waals surface area (Å²) in [5.74, 6) is -3.10. The lowest BCUT2D eigenvalue weighted by atomic mass is 10.1. The highest BCUT2D eigenvalue weighted by Gasteiger charge is 2.25. The van der Waals surface area contributed by atoms with Crippen LogP contribution in [0.25, 0.3) is 0 Å². The minimum Gasteiger partial charge on any atom is -0.493 e. The van der Waals surface area contributed by atoms with E-state index in [0.717, 1.165) is 0 Å². The fourth-order valence-electron chi connectivity index (χ4n) is 1.68. The summed E-state index contributed by atoms with van der Waals surface area (Å²) in [6.07, 6.45) is -0.729. The number of hydrogen-bond donors (Lipinski definition) is 3. The van der Waals surface area contributed by atoms with Gasteiger partial charge in [-0.25, -0.2) is 4.79 Å². The van der Waals surface area contributed by atoms with Crippen LogP contribution < -0.4 is 14.8 Å². The lowest BCUT2D eigenvalue weighted by Crippen LogP contribution is -2.42. The van der Waals surface area contributed by atoms with Crippen molar-refractivity contribution in [3.05, 3.63) is 23.8 Å². The summed E-state index contributed by atoms with van der Waals surface area (Å²) >= 11 is 0. The first kappa shape index (κ1) is 16.3. The van der Waals surface area contributed by atoms with Gasteiger partial charge >= 0.3 is 11.9 Å². The van der Waals surface area contributed by atoms with Crippen molar-refractivity contribution in [3.63, 3.8) is 0 Å². The number of carboxylic acids is 2. The van der Waals surface area contributed by atoms with Crippen LogP contribution in [-0.2, 0) is 9.59 Å². The Balaban J connectivity index is 3.02. The fourth-order valence-corrected chi connectivity index (χ4v) is 1.68. The van der Waals surface area contributed by atoms with E-state index < -0.39 is 30.3 Å². The smallest absolute Gasteiger partial charge is 0.326 e. The van der Waals surface area contributed by atoms with Crippen molar-refractivity contribution < 1.29 is 34.1 Å². The molecule has 0 saturated heterocycles. The van der Waals surface area contributed by atoms with Crippen LogP contribution >= 0.6 is 0 Å². The first-order chi connectivity index (χ1) is 9.90. The van der Waals surface area contributed by atoms with Crippen molar-refractivity contribution in [1.82, 2.24) is 5.32 Å². The van der Waals surface area contributed by atoms with Gasteiger partial charge in [-0.05, 0) is 12.1 Å². The summed E-state index contributed by atoms with van der Waals surface area (Å²) in [4.78, 5) is 33.6. The normalized spacial score (nSPS) is 11.3. The minimum absolute atomic E-state index is 0.0495. The summed E-state index contributed by atoms with van der Waals surface area (Å²) in [5.41, 5.74) is 0.0495. The van der Waals surface area contributed by atoms with Crippen LogP contribution in [0.1, 0.15) is 16.8 Å². The van der Waals surface area contributed by atoms with Crippen molar-refractivity contribution in [2.24, 2.45) is 0 Å². The van der Waals surface area contributed by atoms with Gasteiger partial charge in [-0.3, -0.25) is 9.59 Å². The van der Waals surface area contributed by atoms with Gasteiger partial charge in [0.2, 0.25) is 0 Å². The molecule has 0 fully saturated rings. The fraction of sp³-hybridized carbons (Fsp3) is 0.308. The van der Waals surface area contributed by atoms with Gasteiger partial charge in [-0.15, -0.1) is 0 Å². The van der Waals surface area contributed by atoms with Gasteiger partial charge in [0.15, 0.2) is 11.5 Å². The maximum Gasteiger partial charge on any atom is 0.326 e. The molecule has 1 rings (SSSR count). The maximum absolute atomic E-state index is 12.1. The average Bonchev–Trinajstić information content (AvgIpc) is 2.44. The van der Waals surface area contributed by atoms with Gasteiger partial charge in [0, 0.05) is 0 Å². The molecule has 0 aromatic heterocycles. The molecule has 1 amide bonds. The minimum atomic E-state index is -1.54. The molecule has 0 radical (unpaired) electrons. The van der Waals surface area contributed by atoms with Crippen LogP contribution in [0.15, 0.2) is 18.2 Å². The molecule has 1 aromatic rings. The number of rotatable bonds is 7. The van der Waals surface area contributed by atoms with Crippen molar-refractivity contribution in [2.75, 3.05) is 14.2 Å². The molecule has 0 heterocycles. The van der Waals surface area contributed by atoms with E-state index in [2.05, 4.69) is 5.32 Å². The van der Waals surface area contributed by atoms with E-state index in [0.29, 0.717) is 5.75 Å². The second kappa shape index (κ2) is 7.13. The molecular formula is C13H15NO7. The Morgan fingerprint density at radius 2 is 1.86 bits per heavy atom. The molecule has 3 N–H and O–H groups in total. The predicted octanol–water partition coefficient (Wildman–Crippen LogP) is 0.361. The standard InChI is InChI=1S/C13H15NO7/c1-20-9-5-3-4-7(11(9)21-2)12(17)14-8(13(18)19)6-10(15)16/h3-5,8H,6H2,1-2H3,(H,14,17)(H,15,16)(H,18,19)/t8-/m1/s1. The van der Waals surface area contributed by atoms with E-state index in [4.69, 9.17) is 19.7 Å². The Morgan fingerprint density at radius 1 is 1.19 bits per heavy atom. The third kappa shape index (κ3) is 4.10. The molecule has 0 aliphatic carbocycles. The third-order valence-electron chi connectivity index (χ3n) is 2.63. The summed E-state index contributed by atoms with van der Waals surface area (Å²) in [5, 5.41) is 19.7. The molecule has 0 saturated carbocycles. The van der Waals surface area contributed by atoms with Crippen LogP contribution in [0.2, 0.25) is 0 Å². The molecule has 1 atom stereocenters. The third-order valence-corrected chi connectivity index (χ3v) is 2.63. The Bertz CT molecular complexity index is 555. The predicted molar refractivity (Wildman–Crippen MR) is 70.7 cm³/mol. The van der Waals surface area contributed by atoms with Gasteiger partial charge in [0.25, 0.3) is 5.91 Å². The van der Waals surface area contributed by atoms with Crippen LogP contribution in [0, 0.1) is 0 Å². The zero-order chi connectivity index (χ0) is 16.0. The largest absolute Gasteiger partial charge is 0.493 e. The highest BCUT2D eigenvalue weighted by Crippen LogP contribution is 2.30. The molecule has 21 heavy (non-hydrogen) atoms. The highest BCUT2D eigenvalue weighted by molar-refractivity contribution is 6.00. The lowest BCUT2D eigenvalue weighted by Gasteiger charge is -2.15. The number of nitrogens with one attached hydrogen (secondary N) is 1. The summed E-state index contributed by atoms with van der Waals surface area (Å²) in [6.45, 7) is 0. The monoisotopic (exact) mass is 297 g/mol. The van der Waals surface area contributed by atoms with E-state index in [9.17, 15) is 14.4 Å². The number of carbonyl (C=O) groups excluding carboxylic acids is 1. The number of aliphatic carboxylic acids is 2. The van der Waals surface area contributed by atoms with Gasteiger partial charge in [0.1, 0.15) is 6.04 Å². The molecular weight excluding hydrogens is 282 g/mol. The van der Waals surface area contributed by atoms with E-state index in [1.165, 1.54) is 26.4 Å². The van der Waals surface area contributed by atoms with Crippen molar-refractivity contribution in [2.45, 2.75) is 12.5 Å².